The minimum Gasteiger partial charge on any atom is -0.388 e. The fraction of sp³-hybridized carbons (Fsp3) is 0.375. The van der Waals surface area contributed by atoms with Crippen LogP contribution in [0.4, 0.5) is 0 Å². The summed E-state index contributed by atoms with van der Waals surface area (Å²) >= 11 is 0. The van der Waals surface area contributed by atoms with Crippen LogP contribution in [0.25, 0.3) is 0 Å². The van der Waals surface area contributed by atoms with Crippen LogP contribution in [0.15, 0.2) is 25.3 Å². The van der Waals surface area contributed by atoms with Gasteiger partial charge in [-0.1, -0.05) is 19.6 Å². The summed E-state index contributed by atoms with van der Waals surface area (Å²) in [6.45, 7) is 8.30. The molecular weight excluding hydrogens is 128 g/mol. The third kappa shape index (κ3) is 2.15. The fourth-order valence-corrected chi connectivity index (χ4v) is 0.558. The molecule has 2 nitrogen and oxygen atoms in total. The van der Waals surface area contributed by atoms with Gasteiger partial charge in [0, 0.05) is 5.92 Å². The molecule has 0 saturated carbocycles. The van der Waals surface area contributed by atoms with Crippen molar-refractivity contribution in [2.24, 2.45) is 5.92 Å². The predicted molar refractivity (Wildman–Crippen MR) is 40.6 cm³/mol. The lowest BCUT2D eigenvalue weighted by Gasteiger charge is -2.10. The Morgan fingerprint density at radius 1 is 1.60 bits per heavy atom. The van der Waals surface area contributed by atoms with Crippen molar-refractivity contribution in [2.75, 3.05) is 0 Å². The third-order valence-corrected chi connectivity index (χ3v) is 1.40. The Kier molecular flexibility index (Phi) is 3.65. The molecule has 2 heteroatoms. The van der Waals surface area contributed by atoms with E-state index in [9.17, 15) is 4.79 Å². The lowest BCUT2D eigenvalue weighted by Crippen LogP contribution is -2.21. The summed E-state index contributed by atoms with van der Waals surface area (Å²) in [6.07, 6.45) is 1.79. The van der Waals surface area contributed by atoms with Gasteiger partial charge >= 0.3 is 0 Å². The molecule has 0 radical (unpaired) electrons. The Bertz CT molecular complexity index is 149. The molecule has 0 aromatic heterocycles. The minimum absolute atomic E-state index is 0.160. The van der Waals surface area contributed by atoms with Crippen LogP contribution in [0.5, 0.6) is 0 Å². The van der Waals surface area contributed by atoms with Crippen LogP contribution in [0.1, 0.15) is 6.92 Å². The molecule has 0 bridgehead atoms. The van der Waals surface area contributed by atoms with E-state index in [0.717, 1.165) is 0 Å². The van der Waals surface area contributed by atoms with Crippen LogP contribution in [0.3, 0.4) is 0 Å². The van der Waals surface area contributed by atoms with Gasteiger partial charge in [-0.05, 0) is 6.08 Å². The van der Waals surface area contributed by atoms with E-state index in [1.807, 2.05) is 0 Å². The van der Waals surface area contributed by atoms with Gasteiger partial charge in [-0.2, -0.15) is 0 Å². The third-order valence-electron chi connectivity index (χ3n) is 1.40. The Morgan fingerprint density at radius 2 is 2.10 bits per heavy atom. The quantitative estimate of drug-likeness (QED) is 0.466. The van der Waals surface area contributed by atoms with Gasteiger partial charge in [0.05, 0.1) is 6.10 Å². The molecular formula is C8H12O2. The molecule has 56 valence electrons. The molecule has 0 aromatic rings. The van der Waals surface area contributed by atoms with Gasteiger partial charge in [0.1, 0.15) is 0 Å². The summed E-state index contributed by atoms with van der Waals surface area (Å²) in [5, 5.41) is 9.04. The van der Waals surface area contributed by atoms with Gasteiger partial charge in [0.25, 0.3) is 0 Å². The highest BCUT2D eigenvalue weighted by Gasteiger charge is 2.15. The van der Waals surface area contributed by atoms with Crippen molar-refractivity contribution in [3.05, 3.63) is 25.3 Å². The van der Waals surface area contributed by atoms with Gasteiger partial charge in [-0.3, -0.25) is 4.79 Å². The van der Waals surface area contributed by atoms with E-state index in [4.69, 9.17) is 5.11 Å². The lowest BCUT2D eigenvalue weighted by molar-refractivity contribution is -0.119. The summed E-state index contributed by atoms with van der Waals surface area (Å²) < 4.78 is 0. The van der Waals surface area contributed by atoms with Gasteiger partial charge < -0.3 is 5.11 Å². The first-order valence-corrected chi connectivity index (χ1v) is 3.10. The monoisotopic (exact) mass is 140 g/mol. The van der Waals surface area contributed by atoms with Crippen molar-refractivity contribution in [3.8, 4) is 0 Å². The molecule has 0 aliphatic rings. The molecule has 0 heterocycles. The Morgan fingerprint density at radius 3 is 2.40 bits per heavy atom. The largest absolute Gasteiger partial charge is 0.388 e. The van der Waals surface area contributed by atoms with E-state index in [2.05, 4.69) is 13.2 Å². The van der Waals surface area contributed by atoms with Crippen LogP contribution in [-0.4, -0.2) is 17.0 Å². The number of ketones is 1. The van der Waals surface area contributed by atoms with Gasteiger partial charge in [-0.25, -0.2) is 0 Å². The topological polar surface area (TPSA) is 37.3 Å². The number of allylic oxidation sites excluding steroid dienone is 1. The minimum atomic E-state index is -0.759. The van der Waals surface area contributed by atoms with Crippen LogP contribution < -0.4 is 0 Å². The normalized spacial score (nSPS) is 15.4. The Hall–Kier alpha value is -0.890. The second-order valence-corrected chi connectivity index (χ2v) is 2.12. The number of hydrogen-bond donors (Lipinski definition) is 1. The number of carbonyl (C=O) groups is 1. The van der Waals surface area contributed by atoms with Crippen molar-refractivity contribution < 1.29 is 9.90 Å². The average molecular weight is 140 g/mol. The van der Waals surface area contributed by atoms with Crippen LogP contribution in [0.2, 0.25) is 0 Å². The van der Waals surface area contributed by atoms with E-state index in [-0.39, 0.29) is 5.78 Å². The molecule has 0 aromatic carbocycles. The molecule has 0 saturated heterocycles. The van der Waals surface area contributed by atoms with Gasteiger partial charge in [0.2, 0.25) is 0 Å². The van der Waals surface area contributed by atoms with Crippen molar-refractivity contribution in [1.82, 2.24) is 0 Å². The zero-order chi connectivity index (χ0) is 8.15. The number of hydrogen-bond acceptors (Lipinski definition) is 2. The summed E-state index contributed by atoms with van der Waals surface area (Å²) in [7, 11) is 0. The maximum absolute atomic E-state index is 10.8. The Labute approximate surface area is 60.9 Å². The molecule has 0 rings (SSSR count). The number of rotatable bonds is 4. The Balaban J connectivity index is 4.05. The molecule has 2 unspecified atom stereocenters. The van der Waals surface area contributed by atoms with E-state index >= 15 is 0 Å². The molecule has 0 aliphatic carbocycles. The fourth-order valence-electron chi connectivity index (χ4n) is 0.558. The molecule has 0 aliphatic heterocycles. The van der Waals surface area contributed by atoms with E-state index in [1.54, 1.807) is 6.92 Å². The molecule has 0 fully saturated rings. The number of aliphatic hydroxyl groups excluding tert-OH is 1. The summed E-state index contributed by atoms with van der Waals surface area (Å²) in [5.74, 6) is -0.581. The van der Waals surface area contributed by atoms with E-state index in [1.165, 1.54) is 12.2 Å². The molecule has 1 N–H and O–H groups in total. The smallest absolute Gasteiger partial charge is 0.160 e. The maximum Gasteiger partial charge on any atom is 0.160 e. The van der Waals surface area contributed by atoms with Crippen molar-refractivity contribution in [3.63, 3.8) is 0 Å². The van der Waals surface area contributed by atoms with Gasteiger partial charge in [-0.15, -0.1) is 6.58 Å². The second-order valence-electron chi connectivity index (χ2n) is 2.12. The first kappa shape index (κ1) is 9.11. The SMILES string of the molecule is C=CC(=O)C(C)C(O)C=C. The van der Waals surface area contributed by atoms with Crippen molar-refractivity contribution >= 4 is 5.78 Å². The highest BCUT2D eigenvalue weighted by atomic mass is 16.3. The van der Waals surface area contributed by atoms with Crippen molar-refractivity contribution in [2.45, 2.75) is 13.0 Å². The summed E-state index contributed by atoms with van der Waals surface area (Å²) in [4.78, 5) is 10.8. The lowest BCUT2D eigenvalue weighted by atomic mass is 10.00. The molecule has 10 heavy (non-hydrogen) atoms. The summed E-state index contributed by atoms with van der Waals surface area (Å²) in [6, 6.07) is 0. The average Bonchev–Trinajstić information content (AvgIpc) is 2.00. The summed E-state index contributed by atoms with van der Waals surface area (Å²) in [5.41, 5.74) is 0. The first-order chi connectivity index (χ1) is 4.63. The van der Waals surface area contributed by atoms with Gasteiger partial charge in [0.15, 0.2) is 5.78 Å². The van der Waals surface area contributed by atoms with Crippen molar-refractivity contribution in [1.29, 1.82) is 0 Å². The maximum atomic E-state index is 10.8. The first-order valence-electron chi connectivity index (χ1n) is 3.10. The zero-order valence-electron chi connectivity index (χ0n) is 6.08. The molecule has 0 spiro atoms. The zero-order valence-corrected chi connectivity index (χ0v) is 6.08. The standard InChI is InChI=1S/C8H12O2/c1-4-7(9)6(3)8(10)5-2/h4-7,9H,1-2H2,3H3. The second kappa shape index (κ2) is 4.01. The van der Waals surface area contributed by atoms with E-state index in [0.29, 0.717) is 0 Å². The van der Waals surface area contributed by atoms with Crippen LogP contribution in [-0.2, 0) is 4.79 Å². The highest BCUT2D eigenvalue weighted by Crippen LogP contribution is 2.04. The van der Waals surface area contributed by atoms with Crippen LogP contribution >= 0.6 is 0 Å². The molecule has 0 amide bonds. The number of aliphatic hydroxyl groups is 1. The predicted octanol–water partition coefficient (Wildman–Crippen LogP) is 0.924. The molecule has 2 atom stereocenters. The van der Waals surface area contributed by atoms with Crippen LogP contribution in [0, 0.1) is 5.92 Å². The highest BCUT2D eigenvalue weighted by molar-refractivity contribution is 5.91. The van der Waals surface area contributed by atoms with E-state index < -0.39 is 12.0 Å². The number of carbonyl (C=O) groups excluding carboxylic acids is 1.